The summed E-state index contributed by atoms with van der Waals surface area (Å²) in [7, 11) is 3.96. The molecule has 0 spiro atoms. The molecule has 166 valence electrons. The van der Waals surface area contributed by atoms with Gasteiger partial charge in [-0.05, 0) is 19.2 Å². The van der Waals surface area contributed by atoms with Crippen molar-refractivity contribution < 1.29 is 0 Å². The van der Waals surface area contributed by atoms with E-state index in [4.69, 9.17) is 22.7 Å². The lowest BCUT2D eigenvalue weighted by atomic mass is 10.1. The van der Waals surface area contributed by atoms with Gasteiger partial charge in [0, 0.05) is 63.3 Å². The van der Waals surface area contributed by atoms with Gasteiger partial charge in [-0.2, -0.15) is 5.26 Å². The Bertz CT molecular complexity index is 1080. The van der Waals surface area contributed by atoms with Crippen LogP contribution in [0.1, 0.15) is 11.1 Å². The number of para-hydroxylation sites is 1. The van der Waals surface area contributed by atoms with E-state index in [1.165, 1.54) is 12.4 Å². The molecule has 5 N–H and O–H groups in total. The number of hydrogen-bond acceptors (Lipinski definition) is 8. The Kier molecular flexibility index (Phi) is 7.65. The molecule has 0 amide bonds. The van der Waals surface area contributed by atoms with Crippen molar-refractivity contribution in [3.05, 3.63) is 58.5 Å². The zero-order chi connectivity index (χ0) is 23.1. The second-order valence-electron chi connectivity index (χ2n) is 7.28. The molecule has 3 rings (SSSR count). The Morgan fingerprint density at radius 3 is 2.75 bits per heavy atom. The Morgan fingerprint density at radius 1 is 1.34 bits per heavy atom. The van der Waals surface area contributed by atoms with Gasteiger partial charge in [-0.3, -0.25) is 0 Å². The smallest absolute Gasteiger partial charge is 0.156 e. The molecule has 0 atom stereocenters. The summed E-state index contributed by atoms with van der Waals surface area (Å²) >= 11 is 6.28. The lowest BCUT2D eigenvalue weighted by molar-refractivity contribution is 0.180. The number of benzene rings is 1. The minimum Gasteiger partial charge on any atom is -0.384 e. The van der Waals surface area contributed by atoms with Crippen LogP contribution in [0.3, 0.4) is 0 Å². The Hall–Kier alpha value is -3.61. The van der Waals surface area contributed by atoms with Gasteiger partial charge >= 0.3 is 0 Å². The summed E-state index contributed by atoms with van der Waals surface area (Å²) in [4.78, 5) is 13.2. The average molecular weight is 452 g/mol. The number of nitrogens with two attached hydrogens (primary N) is 1. The Labute approximate surface area is 192 Å². The molecule has 9 nitrogen and oxygen atoms in total. The summed E-state index contributed by atoms with van der Waals surface area (Å²) in [6, 6.07) is 8.84. The number of piperazine rings is 1. The number of nitrogens with zero attached hydrogens (tertiary/aromatic N) is 5. The first-order chi connectivity index (χ1) is 15.4. The SMILES string of the molecule is CN/C(=C\C(N)=Nc1cc(Nc2c(Cl)cccc2C#N)c(C=N)cn1)N1CCN(C)CC1. The summed E-state index contributed by atoms with van der Waals surface area (Å²) in [5, 5.41) is 23.8. The highest BCUT2D eigenvalue weighted by Crippen LogP contribution is 2.31. The quantitative estimate of drug-likeness (QED) is 0.376. The molecule has 0 aliphatic carbocycles. The molecule has 0 saturated carbocycles. The molecule has 1 aliphatic rings. The second-order valence-corrected chi connectivity index (χ2v) is 7.69. The first-order valence-corrected chi connectivity index (χ1v) is 10.5. The Balaban J connectivity index is 1.88. The minimum atomic E-state index is 0.296. The maximum Gasteiger partial charge on any atom is 0.156 e. The fraction of sp³-hybridized carbons (Fsp3) is 0.273. The fourth-order valence-corrected chi connectivity index (χ4v) is 3.51. The molecule has 0 unspecified atom stereocenters. The number of anilines is 2. The highest BCUT2D eigenvalue weighted by atomic mass is 35.5. The zero-order valence-electron chi connectivity index (χ0n) is 18.1. The molecule has 0 bridgehead atoms. The molecule has 2 heterocycles. The molecule has 1 aromatic heterocycles. The van der Waals surface area contributed by atoms with Gasteiger partial charge in [0.15, 0.2) is 5.82 Å². The van der Waals surface area contributed by atoms with Gasteiger partial charge in [0.25, 0.3) is 0 Å². The lowest BCUT2D eigenvalue weighted by Crippen LogP contribution is -2.46. The summed E-state index contributed by atoms with van der Waals surface area (Å²) in [5.41, 5.74) is 8.11. The number of likely N-dealkylation sites (N-methyl/N-ethyl adjacent to an activating group) is 1. The van der Waals surface area contributed by atoms with Crippen LogP contribution in [0.2, 0.25) is 5.02 Å². The van der Waals surface area contributed by atoms with Crippen molar-refractivity contribution in [2.75, 3.05) is 45.6 Å². The predicted molar refractivity (Wildman–Crippen MR) is 129 cm³/mol. The van der Waals surface area contributed by atoms with Crippen LogP contribution in [0.15, 0.2) is 47.4 Å². The summed E-state index contributed by atoms with van der Waals surface area (Å²) < 4.78 is 0. The van der Waals surface area contributed by atoms with Gasteiger partial charge in [0.2, 0.25) is 0 Å². The van der Waals surface area contributed by atoms with E-state index < -0.39 is 0 Å². The number of nitriles is 1. The highest BCUT2D eigenvalue weighted by Gasteiger charge is 2.16. The van der Waals surface area contributed by atoms with Gasteiger partial charge in [-0.15, -0.1) is 0 Å². The number of aromatic nitrogens is 1. The van der Waals surface area contributed by atoms with E-state index in [1.54, 1.807) is 30.3 Å². The molecule has 1 saturated heterocycles. The Morgan fingerprint density at radius 2 is 2.09 bits per heavy atom. The van der Waals surface area contributed by atoms with E-state index in [0.29, 0.717) is 39.2 Å². The first-order valence-electron chi connectivity index (χ1n) is 10.1. The standard InChI is InChI=1S/C22H26ClN9/c1-27-21(32-8-6-31(2)7-9-32)11-19(26)30-20-10-18(16(13-25)14-28-20)29-22-15(12-24)4-3-5-17(22)23/h3-5,10-11,13-14,25,27H,6-9H2,1-2H3,(H3,26,28,29,30)/b21-11+,25-13?. The molecule has 0 radical (unpaired) electrons. The monoisotopic (exact) mass is 451 g/mol. The van der Waals surface area contributed by atoms with Gasteiger partial charge in [-0.25, -0.2) is 9.98 Å². The van der Waals surface area contributed by atoms with Crippen LogP contribution < -0.4 is 16.4 Å². The fourth-order valence-electron chi connectivity index (χ4n) is 3.29. The molecule has 10 heteroatoms. The van der Waals surface area contributed by atoms with E-state index in [-0.39, 0.29) is 0 Å². The normalized spacial score (nSPS) is 15.2. The molecule has 2 aromatic rings. The third-order valence-electron chi connectivity index (χ3n) is 5.10. The van der Waals surface area contributed by atoms with Crippen molar-refractivity contribution in [3.63, 3.8) is 0 Å². The highest BCUT2D eigenvalue weighted by molar-refractivity contribution is 6.33. The van der Waals surface area contributed by atoms with E-state index in [9.17, 15) is 5.26 Å². The van der Waals surface area contributed by atoms with Crippen LogP contribution in [0.25, 0.3) is 0 Å². The van der Waals surface area contributed by atoms with Crippen LogP contribution in [-0.2, 0) is 0 Å². The van der Waals surface area contributed by atoms with Gasteiger partial charge in [-0.1, -0.05) is 17.7 Å². The van der Waals surface area contributed by atoms with Crippen LogP contribution in [0, 0.1) is 16.7 Å². The largest absolute Gasteiger partial charge is 0.384 e. The van der Waals surface area contributed by atoms with Crippen molar-refractivity contribution in [2.45, 2.75) is 0 Å². The second kappa shape index (κ2) is 10.6. The van der Waals surface area contributed by atoms with Crippen molar-refractivity contribution in [1.82, 2.24) is 20.1 Å². The molecule has 1 fully saturated rings. The maximum absolute atomic E-state index is 9.39. The van der Waals surface area contributed by atoms with E-state index in [2.05, 4.69) is 43.5 Å². The number of halogens is 1. The van der Waals surface area contributed by atoms with E-state index >= 15 is 0 Å². The van der Waals surface area contributed by atoms with E-state index in [1.807, 2.05) is 7.05 Å². The van der Waals surface area contributed by atoms with Crippen molar-refractivity contribution >= 4 is 40.8 Å². The molecular weight excluding hydrogens is 426 g/mol. The summed E-state index contributed by atoms with van der Waals surface area (Å²) in [5.74, 6) is 1.56. The van der Waals surface area contributed by atoms with Gasteiger partial charge in [0.05, 0.1) is 22.0 Å². The topological polar surface area (TPSA) is 129 Å². The van der Waals surface area contributed by atoms with Crippen LogP contribution in [-0.4, -0.2) is 67.1 Å². The van der Waals surface area contributed by atoms with Crippen molar-refractivity contribution in [2.24, 2.45) is 10.7 Å². The molecule has 1 aromatic carbocycles. The first kappa shape index (κ1) is 23.1. The number of hydrogen-bond donors (Lipinski definition) is 4. The van der Waals surface area contributed by atoms with Crippen molar-refractivity contribution in [3.8, 4) is 6.07 Å². The number of nitrogens with one attached hydrogen (secondary N) is 3. The zero-order valence-corrected chi connectivity index (χ0v) is 18.8. The average Bonchev–Trinajstić information content (AvgIpc) is 2.79. The summed E-state index contributed by atoms with van der Waals surface area (Å²) in [6.45, 7) is 3.75. The van der Waals surface area contributed by atoms with Crippen LogP contribution >= 0.6 is 11.6 Å². The van der Waals surface area contributed by atoms with Gasteiger partial charge < -0.3 is 31.6 Å². The molecule has 32 heavy (non-hydrogen) atoms. The van der Waals surface area contributed by atoms with E-state index in [0.717, 1.165) is 32.0 Å². The van der Waals surface area contributed by atoms with Crippen molar-refractivity contribution in [1.29, 1.82) is 10.7 Å². The third-order valence-corrected chi connectivity index (χ3v) is 5.41. The third kappa shape index (κ3) is 5.55. The van der Waals surface area contributed by atoms with Gasteiger partial charge in [0.1, 0.15) is 17.7 Å². The number of aliphatic imine (C=N–C) groups is 1. The lowest BCUT2D eigenvalue weighted by Gasteiger charge is -2.35. The number of amidine groups is 1. The number of rotatable bonds is 7. The predicted octanol–water partition coefficient (Wildman–Crippen LogP) is 2.64. The summed E-state index contributed by atoms with van der Waals surface area (Å²) in [6.07, 6.45) is 4.47. The number of pyridine rings is 1. The van der Waals surface area contributed by atoms with Crippen LogP contribution in [0.5, 0.6) is 0 Å². The van der Waals surface area contributed by atoms with Crippen LogP contribution in [0.4, 0.5) is 17.2 Å². The maximum atomic E-state index is 9.39. The minimum absolute atomic E-state index is 0.296. The molecular formula is C22H26ClN9. The molecule has 1 aliphatic heterocycles.